The third kappa shape index (κ3) is 3.24. The monoisotopic (exact) mass is 366 g/mol. The lowest BCUT2D eigenvalue weighted by Gasteiger charge is -2.40. The van der Waals surface area contributed by atoms with E-state index in [1.807, 2.05) is 43.1 Å². The number of nitrogens with two attached hydrogens (primary N) is 1. The number of amides is 1. The molecule has 2 aliphatic rings. The fourth-order valence-corrected chi connectivity index (χ4v) is 4.41. The molecule has 142 valence electrons. The van der Waals surface area contributed by atoms with Crippen LogP contribution in [0.15, 0.2) is 24.4 Å². The average molecular weight is 366 g/mol. The summed E-state index contributed by atoms with van der Waals surface area (Å²) in [5, 5.41) is 0. The highest BCUT2D eigenvalue weighted by Crippen LogP contribution is 2.44. The van der Waals surface area contributed by atoms with Gasteiger partial charge in [0.25, 0.3) is 5.91 Å². The van der Waals surface area contributed by atoms with Gasteiger partial charge in [0, 0.05) is 24.7 Å². The molecule has 1 aliphatic carbocycles. The van der Waals surface area contributed by atoms with Gasteiger partial charge < -0.3 is 15.4 Å². The quantitative estimate of drug-likeness (QED) is 0.903. The number of rotatable bonds is 3. The van der Waals surface area contributed by atoms with Crippen LogP contribution in [0.3, 0.4) is 0 Å². The second-order valence-corrected chi connectivity index (χ2v) is 7.79. The Balaban J connectivity index is 1.47. The van der Waals surface area contributed by atoms with Gasteiger partial charge in [0.15, 0.2) is 6.61 Å². The maximum Gasteiger partial charge on any atom is 0.260 e. The van der Waals surface area contributed by atoms with Crippen LogP contribution in [-0.4, -0.2) is 40.5 Å². The Bertz CT molecular complexity index is 878. The van der Waals surface area contributed by atoms with Crippen LogP contribution in [0.4, 0.5) is 5.95 Å². The van der Waals surface area contributed by atoms with Crippen molar-refractivity contribution in [2.75, 3.05) is 25.4 Å². The van der Waals surface area contributed by atoms with E-state index in [9.17, 15) is 4.79 Å². The summed E-state index contributed by atoms with van der Waals surface area (Å²) in [6, 6.07) is 5.92. The molecule has 1 spiro atoms. The molecule has 1 fully saturated rings. The molecule has 1 amide bonds. The van der Waals surface area contributed by atoms with Gasteiger partial charge in [-0.1, -0.05) is 12.1 Å². The van der Waals surface area contributed by atoms with Crippen molar-refractivity contribution < 1.29 is 9.53 Å². The van der Waals surface area contributed by atoms with E-state index >= 15 is 0 Å². The molecule has 1 aromatic heterocycles. The number of aryl methyl sites for hydroxylation is 2. The van der Waals surface area contributed by atoms with E-state index in [0.29, 0.717) is 12.5 Å². The second-order valence-electron chi connectivity index (χ2n) is 7.79. The van der Waals surface area contributed by atoms with Crippen LogP contribution in [0.2, 0.25) is 0 Å². The highest BCUT2D eigenvalue weighted by molar-refractivity contribution is 5.78. The van der Waals surface area contributed by atoms with Crippen molar-refractivity contribution in [1.82, 2.24) is 14.9 Å². The zero-order chi connectivity index (χ0) is 19.0. The summed E-state index contributed by atoms with van der Waals surface area (Å²) in [7, 11) is 0. The van der Waals surface area contributed by atoms with Crippen molar-refractivity contribution in [2.45, 2.75) is 44.9 Å². The Morgan fingerprint density at radius 1 is 1.33 bits per heavy atom. The molecule has 1 saturated heterocycles. The minimum Gasteiger partial charge on any atom is -0.483 e. The molecular formula is C21H26N4O2. The van der Waals surface area contributed by atoms with Gasteiger partial charge in [0.1, 0.15) is 5.75 Å². The first-order valence-electron chi connectivity index (χ1n) is 9.57. The van der Waals surface area contributed by atoms with Gasteiger partial charge in [-0.3, -0.25) is 4.79 Å². The van der Waals surface area contributed by atoms with E-state index in [-0.39, 0.29) is 17.9 Å². The Labute approximate surface area is 159 Å². The normalized spacial score (nSPS) is 21.3. The first kappa shape index (κ1) is 17.8. The number of nitrogen functional groups attached to an aromatic ring is 1. The van der Waals surface area contributed by atoms with Crippen LogP contribution >= 0.6 is 0 Å². The molecular weight excluding hydrogens is 340 g/mol. The largest absolute Gasteiger partial charge is 0.483 e. The van der Waals surface area contributed by atoms with Gasteiger partial charge in [-0.25, -0.2) is 9.97 Å². The number of aromatic nitrogens is 2. The highest BCUT2D eigenvalue weighted by Gasteiger charge is 2.44. The number of ether oxygens (including phenoxy) is 1. The third-order valence-electron chi connectivity index (χ3n) is 6.09. The third-order valence-corrected chi connectivity index (χ3v) is 6.09. The molecule has 27 heavy (non-hydrogen) atoms. The smallest absolute Gasteiger partial charge is 0.260 e. The van der Waals surface area contributed by atoms with E-state index in [1.54, 1.807) is 0 Å². The first-order valence-corrected chi connectivity index (χ1v) is 9.57. The van der Waals surface area contributed by atoms with Gasteiger partial charge >= 0.3 is 0 Å². The number of hydrogen-bond donors (Lipinski definition) is 1. The number of fused-ring (bicyclic) bond motifs is 2. The Kier molecular flexibility index (Phi) is 4.50. The van der Waals surface area contributed by atoms with Crippen molar-refractivity contribution in [3.05, 3.63) is 46.8 Å². The van der Waals surface area contributed by atoms with Crippen molar-refractivity contribution >= 4 is 11.9 Å². The first-order chi connectivity index (χ1) is 13.0. The van der Waals surface area contributed by atoms with Crippen molar-refractivity contribution in [3.8, 4) is 5.75 Å². The predicted octanol–water partition coefficient (Wildman–Crippen LogP) is 2.56. The molecule has 2 N–H and O–H groups in total. The summed E-state index contributed by atoms with van der Waals surface area (Å²) in [4.78, 5) is 23.4. The van der Waals surface area contributed by atoms with Gasteiger partial charge in [0.05, 0.1) is 5.69 Å². The van der Waals surface area contributed by atoms with Crippen LogP contribution in [0.25, 0.3) is 0 Å². The molecule has 2 heterocycles. The summed E-state index contributed by atoms with van der Waals surface area (Å²) in [6.07, 6.45) is 5.81. The minimum atomic E-state index is -0.0838. The molecule has 0 radical (unpaired) electrons. The van der Waals surface area contributed by atoms with Crippen LogP contribution in [-0.2, 0) is 16.6 Å². The summed E-state index contributed by atoms with van der Waals surface area (Å²) < 4.78 is 5.84. The zero-order valence-corrected chi connectivity index (χ0v) is 16.0. The lowest BCUT2D eigenvalue weighted by Crippen LogP contribution is -2.49. The SMILES string of the molecule is Cc1cccc(OCC(=O)N2CCCC3(CCc4cnc(N)nc43)C2)c1C. The van der Waals surface area contributed by atoms with Crippen LogP contribution in [0.5, 0.6) is 5.75 Å². The van der Waals surface area contributed by atoms with Gasteiger partial charge in [-0.2, -0.15) is 0 Å². The van der Waals surface area contributed by atoms with E-state index < -0.39 is 0 Å². The standard InChI is InChI=1S/C21H26N4O2/c1-14-5-3-6-17(15(14)2)27-12-18(26)25-10-4-8-21(13-25)9-7-16-11-23-20(22)24-19(16)21/h3,5-6,11H,4,7-10,12-13H2,1-2H3,(H2,22,23,24). The maximum atomic E-state index is 12.8. The van der Waals surface area contributed by atoms with E-state index in [4.69, 9.17) is 10.5 Å². The topological polar surface area (TPSA) is 81.3 Å². The van der Waals surface area contributed by atoms with Crippen molar-refractivity contribution in [1.29, 1.82) is 0 Å². The summed E-state index contributed by atoms with van der Waals surface area (Å²) >= 11 is 0. The fraction of sp³-hybridized carbons (Fsp3) is 0.476. The Morgan fingerprint density at radius 3 is 3.04 bits per heavy atom. The maximum absolute atomic E-state index is 12.8. The predicted molar refractivity (Wildman–Crippen MR) is 104 cm³/mol. The van der Waals surface area contributed by atoms with E-state index in [0.717, 1.165) is 54.8 Å². The number of benzene rings is 1. The average Bonchev–Trinajstić information content (AvgIpc) is 3.00. The number of carbonyl (C=O) groups excluding carboxylic acids is 1. The van der Waals surface area contributed by atoms with Crippen LogP contribution in [0.1, 0.15) is 41.6 Å². The zero-order valence-electron chi connectivity index (χ0n) is 16.0. The molecule has 1 unspecified atom stereocenters. The molecule has 2 aromatic rings. The molecule has 6 nitrogen and oxygen atoms in total. The number of nitrogens with zero attached hydrogens (tertiary/aromatic N) is 3. The molecule has 1 aliphatic heterocycles. The molecule has 4 rings (SSSR count). The van der Waals surface area contributed by atoms with Gasteiger partial charge in [-0.15, -0.1) is 0 Å². The van der Waals surface area contributed by atoms with Crippen molar-refractivity contribution in [3.63, 3.8) is 0 Å². The second kappa shape index (κ2) is 6.83. The number of hydrogen-bond acceptors (Lipinski definition) is 5. The molecule has 0 saturated carbocycles. The highest BCUT2D eigenvalue weighted by atomic mass is 16.5. The molecule has 0 bridgehead atoms. The minimum absolute atomic E-state index is 0.0328. The summed E-state index contributed by atoms with van der Waals surface area (Å²) in [5.41, 5.74) is 10.2. The number of anilines is 1. The molecule has 1 aromatic carbocycles. The van der Waals surface area contributed by atoms with Crippen LogP contribution in [0, 0.1) is 13.8 Å². The summed E-state index contributed by atoms with van der Waals surface area (Å²) in [5.74, 6) is 1.13. The summed E-state index contributed by atoms with van der Waals surface area (Å²) in [6.45, 7) is 5.59. The lowest BCUT2D eigenvalue weighted by molar-refractivity contribution is -0.135. The lowest BCUT2D eigenvalue weighted by atomic mass is 9.77. The molecule has 1 atom stereocenters. The van der Waals surface area contributed by atoms with Crippen molar-refractivity contribution in [2.24, 2.45) is 0 Å². The Morgan fingerprint density at radius 2 is 2.19 bits per heavy atom. The Hall–Kier alpha value is -2.63. The number of carbonyl (C=O) groups is 1. The van der Waals surface area contributed by atoms with E-state index in [1.165, 1.54) is 5.56 Å². The fourth-order valence-electron chi connectivity index (χ4n) is 4.41. The molecule has 6 heteroatoms. The number of piperidine rings is 1. The van der Waals surface area contributed by atoms with Gasteiger partial charge in [0.2, 0.25) is 5.95 Å². The van der Waals surface area contributed by atoms with Gasteiger partial charge in [-0.05, 0) is 62.3 Å². The van der Waals surface area contributed by atoms with Crippen LogP contribution < -0.4 is 10.5 Å². The number of likely N-dealkylation sites (tertiary alicyclic amines) is 1. The van der Waals surface area contributed by atoms with E-state index in [2.05, 4.69) is 9.97 Å².